The number of halogens is 2. The van der Waals surface area contributed by atoms with Crippen LogP contribution >= 0.6 is 24.0 Å². The summed E-state index contributed by atoms with van der Waals surface area (Å²) in [6.45, 7) is 8.05. The van der Waals surface area contributed by atoms with E-state index in [1.54, 1.807) is 12.1 Å². The summed E-state index contributed by atoms with van der Waals surface area (Å²) >= 11 is 6.11. The molecule has 7 nitrogen and oxygen atoms in total. The van der Waals surface area contributed by atoms with Crippen LogP contribution in [0.3, 0.4) is 0 Å². The van der Waals surface area contributed by atoms with E-state index in [-0.39, 0.29) is 24.1 Å². The predicted octanol–water partition coefficient (Wildman–Crippen LogP) is 6.77. The largest absolute Gasteiger partial charge is 0.496 e. The molecule has 40 heavy (non-hydrogen) atoms. The summed E-state index contributed by atoms with van der Waals surface area (Å²) < 4.78 is 7.50. The zero-order chi connectivity index (χ0) is 27.9. The number of nitrogens with one attached hydrogen (secondary N) is 1. The normalized spacial score (nSPS) is 14.3. The van der Waals surface area contributed by atoms with Crippen LogP contribution in [-0.4, -0.2) is 54.4 Å². The van der Waals surface area contributed by atoms with Gasteiger partial charge >= 0.3 is 0 Å². The van der Waals surface area contributed by atoms with Crippen LogP contribution in [0, 0.1) is 5.92 Å². The van der Waals surface area contributed by atoms with Crippen LogP contribution in [0.15, 0.2) is 42.6 Å². The maximum atomic E-state index is 13.0. The van der Waals surface area contributed by atoms with Crippen LogP contribution in [0.2, 0.25) is 5.02 Å². The topological polar surface area (TPSA) is 89.6 Å². The Hall–Kier alpha value is -2.74. The van der Waals surface area contributed by atoms with Gasteiger partial charge in [0.2, 0.25) is 0 Å². The molecule has 1 fully saturated rings. The van der Waals surface area contributed by atoms with E-state index in [0.717, 1.165) is 68.2 Å². The average Bonchev–Trinajstić information content (AvgIpc) is 3.33. The molecule has 9 heteroatoms. The van der Waals surface area contributed by atoms with Gasteiger partial charge in [0.1, 0.15) is 5.75 Å². The SMILES string of the molecule is COc1cc(N)c(Cl)cc1C(=O)NCC1CCN(CCCCCC(=O)c2cn(C(C)C)c3ccccc23)CC1.Cl. The van der Waals surface area contributed by atoms with Gasteiger partial charge in [-0.05, 0) is 77.2 Å². The van der Waals surface area contributed by atoms with Crippen LogP contribution in [0.1, 0.15) is 79.1 Å². The number of ether oxygens (including phenoxy) is 1. The Morgan fingerprint density at radius 1 is 1.10 bits per heavy atom. The molecule has 4 rings (SSSR count). The minimum atomic E-state index is -0.195. The third-order valence-electron chi connectivity index (χ3n) is 7.80. The monoisotopic (exact) mass is 588 g/mol. The Morgan fingerprint density at radius 3 is 2.52 bits per heavy atom. The van der Waals surface area contributed by atoms with Crippen molar-refractivity contribution < 1.29 is 14.3 Å². The van der Waals surface area contributed by atoms with Crippen molar-refractivity contribution in [3.8, 4) is 5.75 Å². The van der Waals surface area contributed by atoms with Gasteiger partial charge in [-0.3, -0.25) is 9.59 Å². The molecule has 0 aliphatic carbocycles. The molecule has 0 bridgehead atoms. The van der Waals surface area contributed by atoms with E-state index < -0.39 is 0 Å². The number of benzene rings is 2. The number of hydrogen-bond acceptors (Lipinski definition) is 5. The smallest absolute Gasteiger partial charge is 0.255 e. The van der Waals surface area contributed by atoms with E-state index in [0.29, 0.717) is 46.9 Å². The third kappa shape index (κ3) is 7.71. The molecule has 1 saturated heterocycles. The zero-order valence-electron chi connectivity index (χ0n) is 23.7. The molecule has 3 aromatic rings. The number of hydrogen-bond donors (Lipinski definition) is 2. The number of anilines is 1. The number of ketones is 1. The molecule has 218 valence electrons. The number of amides is 1. The second-order valence-corrected chi connectivity index (χ2v) is 11.3. The van der Waals surface area contributed by atoms with Gasteiger partial charge in [-0.1, -0.05) is 36.2 Å². The highest BCUT2D eigenvalue weighted by Crippen LogP contribution is 2.29. The highest BCUT2D eigenvalue weighted by atomic mass is 35.5. The first kappa shape index (κ1) is 31.8. The number of nitrogens with zero attached hydrogens (tertiary/aromatic N) is 2. The molecule has 0 atom stereocenters. The fourth-order valence-electron chi connectivity index (χ4n) is 5.45. The summed E-state index contributed by atoms with van der Waals surface area (Å²) in [5.41, 5.74) is 8.60. The molecule has 0 unspecified atom stereocenters. The Bertz CT molecular complexity index is 1300. The third-order valence-corrected chi connectivity index (χ3v) is 8.12. The Morgan fingerprint density at radius 2 is 1.82 bits per heavy atom. The lowest BCUT2D eigenvalue weighted by Gasteiger charge is -2.32. The number of para-hydroxylation sites is 1. The summed E-state index contributed by atoms with van der Waals surface area (Å²) in [4.78, 5) is 28.2. The fraction of sp³-hybridized carbons (Fsp3) is 0.484. The number of fused-ring (bicyclic) bond motifs is 1. The summed E-state index contributed by atoms with van der Waals surface area (Å²) in [5, 5.41) is 4.44. The molecule has 1 aromatic heterocycles. The lowest BCUT2D eigenvalue weighted by molar-refractivity contribution is 0.0932. The minimum absolute atomic E-state index is 0. The number of Topliss-reactive ketones (excluding diaryl/α,β-unsaturated/α-hetero) is 1. The second-order valence-electron chi connectivity index (χ2n) is 10.9. The first-order valence-corrected chi connectivity index (χ1v) is 14.4. The molecular weight excluding hydrogens is 547 g/mol. The first-order chi connectivity index (χ1) is 18.8. The van der Waals surface area contributed by atoms with Crippen molar-refractivity contribution in [1.82, 2.24) is 14.8 Å². The number of rotatable bonds is 12. The van der Waals surface area contributed by atoms with Gasteiger partial charge in [0.15, 0.2) is 5.78 Å². The number of carbonyl (C=O) groups excluding carboxylic acids is 2. The second kappa shape index (κ2) is 14.8. The molecule has 0 radical (unpaired) electrons. The number of nitrogens with two attached hydrogens (primary N) is 1. The van der Waals surface area contributed by atoms with Crippen molar-refractivity contribution in [3.63, 3.8) is 0 Å². The van der Waals surface area contributed by atoms with Gasteiger partial charge in [0.25, 0.3) is 5.91 Å². The van der Waals surface area contributed by atoms with E-state index in [1.807, 2.05) is 18.3 Å². The Labute approximate surface area is 248 Å². The lowest BCUT2D eigenvalue weighted by atomic mass is 9.96. The minimum Gasteiger partial charge on any atom is -0.496 e. The quantitative estimate of drug-likeness (QED) is 0.138. The molecular formula is C31H42Cl2N4O3. The standard InChI is InChI=1S/C31H41ClN4O3.ClH/c1-21(2)36-20-25(23-9-6-7-10-28(23)36)29(37)11-5-4-8-14-35-15-12-22(13-16-35)19-34-31(38)24-17-26(32)27(33)18-30(24)39-3;/h6-7,9-10,17-18,20-22H,4-5,8,11-16,19,33H2,1-3H3,(H,34,38);1H. The molecule has 0 spiro atoms. The zero-order valence-corrected chi connectivity index (χ0v) is 25.3. The van der Waals surface area contributed by atoms with Crippen molar-refractivity contribution in [2.75, 3.05) is 39.0 Å². The summed E-state index contributed by atoms with van der Waals surface area (Å²) in [6.07, 6.45) is 7.80. The van der Waals surface area contributed by atoms with E-state index in [2.05, 4.69) is 40.8 Å². The van der Waals surface area contributed by atoms with Crippen LogP contribution in [-0.2, 0) is 0 Å². The molecule has 1 aliphatic heterocycles. The van der Waals surface area contributed by atoms with Gasteiger partial charge in [-0.25, -0.2) is 0 Å². The van der Waals surface area contributed by atoms with Gasteiger partial charge in [-0.15, -0.1) is 12.4 Å². The molecule has 1 amide bonds. The van der Waals surface area contributed by atoms with Gasteiger partial charge < -0.3 is 25.3 Å². The van der Waals surface area contributed by atoms with Gasteiger partial charge in [-0.2, -0.15) is 0 Å². The Balaban J connectivity index is 0.00000441. The van der Waals surface area contributed by atoms with Crippen molar-refractivity contribution in [1.29, 1.82) is 0 Å². The van der Waals surface area contributed by atoms with Crippen molar-refractivity contribution in [2.45, 2.75) is 58.4 Å². The van der Waals surface area contributed by atoms with Crippen LogP contribution in [0.5, 0.6) is 5.75 Å². The highest BCUT2D eigenvalue weighted by Gasteiger charge is 2.21. The van der Waals surface area contributed by atoms with E-state index in [9.17, 15) is 9.59 Å². The van der Waals surface area contributed by atoms with Gasteiger partial charge in [0, 0.05) is 47.7 Å². The maximum Gasteiger partial charge on any atom is 0.255 e. The maximum absolute atomic E-state index is 13.0. The number of carbonyl (C=O) groups is 2. The van der Waals surface area contributed by atoms with Crippen molar-refractivity contribution in [3.05, 3.63) is 58.7 Å². The first-order valence-electron chi connectivity index (χ1n) is 14.0. The highest BCUT2D eigenvalue weighted by molar-refractivity contribution is 6.33. The van der Waals surface area contributed by atoms with Crippen LogP contribution < -0.4 is 15.8 Å². The summed E-state index contributed by atoms with van der Waals surface area (Å²) in [7, 11) is 1.51. The van der Waals surface area contributed by atoms with E-state index in [4.69, 9.17) is 22.1 Å². The molecule has 3 N–H and O–H groups in total. The summed E-state index contributed by atoms with van der Waals surface area (Å²) in [6, 6.07) is 11.7. The number of aromatic nitrogens is 1. The summed E-state index contributed by atoms with van der Waals surface area (Å²) in [5.74, 6) is 0.922. The van der Waals surface area contributed by atoms with Crippen LogP contribution in [0.4, 0.5) is 5.69 Å². The molecule has 2 heterocycles. The fourth-order valence-corrected chi connectivity index (χ4v) is 5.61. The number of methoxy groups -OCH3 is 1. The average molecular weight is 590 g/mol. The van der Waals surface area contributed by atoms with E-state index in [1.165, 1.54) is 7.11 Å². The number of piperidine rings is 1. The molecule has 0 saturated carbocycles. The number of likely N-dealkylation sites (tertiary alicyclic amines) is 1. The predicted molar refractivity (Wildman–Crippen MR) is 166 cm³/mol. The number of unbranched alkanes of at least 4 members (excludes halogenated alkanes) is 2. The number of nitrogen functional groups attached to an aromatic ring is 1. The van der Waals surface area contributed by atoms with Crippen molar-refractivity contribution in [2.24, 2.45) is 5.92 Å². The van der Waals surface area contributed by atoms with Gasteiger partial charge in [0.05, 0.1) is 23.4 Å². The van der Waals surface area contributed by atoms with Crippen molar-refractivity contribution >= 4 is 52.3 Å². The van der Waals surface area contributed by atoms with E-state index >= 15 is 0 Å². The lowest BCUT2D eigenvalue weighted by Crippen LogP contribution is -2.39. The molecule has 1 aliphatic rings. The van der Waals surface area contributed by atoms with Crippen LogP contribution in [0.25, 0.3) is 10.9 Å². The Kier molecular flexibility index (Phi) is 11.7. The molecule has 2 aromatic carbocycles.